The summed E-state index contributed by atoms with van der Waals surface area (Å²) in [5.74, 6) is 0.219. The number of carbonyl (C=O) groups excluding carboxylic acids is 4. The molecule has 52 heavy (non-hydrogen) atoms. The monoisotopic (exact) mass is 733 g/mol. The number of ether oxygens (including phenoxy) is 3. The predicted molar refractivity (Wildman–Crippen MR) is 201 cm³/mol. The number of imide groups is 1. The fourth-order valence-corrected chi connectivity index (χ4v) is 6.64. The van der Waals surface area contributed by atoms with Gasteiger partial charge in [-0.05, 0) is 91.0 Å². The Morgan fingerprint density at radius 3 is 2.21 bits per heavy atom. The first-order valence-corrected chi connectivity index (χ1v) is 17.3. The number of rotatable bonds is 12. The molecule has 10 nitrogen and oxygen atoms in total. The van der Waals surface area contributed by atoms with E-state index in [1.807, 2.05) is 0 Å². The van der Waals surface area contributed by atoms with Crippen LogP contribution in [0.4, 0.5) is 11.4 Å². The molecular formula is C40H32ClN3O7S. The van der Waals surface area contributed by atoms with Gasteiger partial charge < -0.3 is 24.8 Å². The summed E-state index contributed by atoms with van der Waals surface area (Å²) in [6.07, 6.45) is 1.51. The maximum Gasteiger partial charge on any atom is 0.272 e. The van der Waals surface area contributed by atoms with E-state index in [-0.39, 0.29) is 23.9 Å². The van der Waals surface area contributed by atoms with Gasteiger partial charge in [0.15, 0.2) is 11.5 Å². The summed E-state index contributed by atoms with van der Waals surface area (Å²) >= 11 is 7.17. The van der Waals surface area contributed by atoms with Crippen LogP contribution >= 0.6 is 23.4 Å². The molecule has 0 bridgehead atoms. The molecule has 2 N–H and O–H groups in total. The average molecular weight is 734 g/mol. The summed E-state index contributed by atoms with van der Waals surface area (Å²) in [4.78, 5) is 55.2. The molecule has 1 heterocycles. The second kappa shape index (κ2) is 16.3. The SMILES string of the molecule is COc1cccc(/C=C(\NC(=O)c2ccccc2)C(=O)Nc2cccc(S[C@H]3CC(=O)N(c4ccc(Oc5ccc(Cl)cc5)cc4)C3=O)c2)c1OC. The Balaban J connectivity index is 1.16. The van der Waals surface area contributed by atoms with E-state index in [4.69, 9.17) is 25.8 Å². The van der Waals surface area contributed by atoms with Crippen molar-refractivity contribution in [2.45, 2.75) is 16.6 Å². The van der Waals surface area contributed by atoms with Gasteiger partial charge in [-0.2, -0.15) is 0 Å². The summed E-state index contributed by atoms with van der Waals surface area (Å²) in [7, 11) is 2.99. The van der Waals surface area contributed by atoms with Gasteiger partial charge in [-0.3, -0.25) is 19.2 Å². The van der Waals surface area contributed by atoms with Gasteiger partial charge >= 0.3 is 0 Å². The van der Waals surface area contributed by atoms with Crippen molar-refractivity contribution in [3.63, 3.8) is 0 Å². The topological polar surface area (TPSA) is 123 Å². The molecule has 0 saturated carbocycles. The number of benzene rings is 5. The summed E-state index contributed by atoms with van der Waals surface area (Å²) < 4.78 is 16.8. The van der Waals surface area contributed by atoms with Crippen LogP contribution in [0, 0.1) is 0 Å². The third-order valence-electron chi connectivity index (χ3n) is 7.88. The molecular weight excluding hydrogens is 702 g/mol. The molecule has 1 saturated heterocycles. The molecule has 5 aromatic carbocycles. The number of carbonyl (C=O) groups is 4. The molecule has 0 aromatic heterocycles. The number of amides is 4. The lowest BCUT2D eigenvalue weighted by Gasteiger charge is -2.16. The molecule has 5 aromatic rings. The van der Waals surface area contributed by atoms with E-state index in [2.05, 4.69) is 10.6 Å². The molecule has 0 aliphatic carbocycles. The first-order valence-electron chi connectivity index (χ1n) is 16.0. The summed E-state index contributed by atoms with van der Waals surface area (Å²) in [6, 6.07) is 34.2. The molecule has 4 amide bonds. The Morgan fingerprint density at radius 1 is 0.827 bits per heavy atom. The third-order valence-corrected chi connectivity index (χ3v) is 9.31. The van der Waals surface area contributed by atoms with Crippen molar-refractivity contribution in [1.29, 1.82) is 0 Å². The van der Waals surface area contributed by atoms with E-state index < -0.39 is 17.1 Å². The van der Waals surface area contributed by atoms with E-state index in [0.717, 1.165) is 0 Å². The van der Waals surface area contributed by atoms with Crippen LogP contribution in [0.25, 0.3) is 6.08 Å². The van der Waals surface area contributed by atoms with E-state index in [1.165, 1.54) is 37.0 Å². The van der Waals surface area contributed by atoms with Crippen molar-refractivity contribution in [1.82, 2.24) is 5.32 Å². The summed E-state index contributed by atoms with van der Waals surface area (Å²) in [6.45, 7) is 0. The van der Waals surface area contributed by atoms with Crippen LogP contribution in [0.2, 0.25) is 5.02 Å². The van der Waals surface area contributed by atoms with Gasteiger partial charge in [-0.25, -0.2) is 4.90 Å². The molecule has 12 heteroatoms. The minimum Gasteiger partial charge on any atom is -0.493 e. The van der Waals surface area contributed by atoms with Crippen molar-refractivity contribution in [2.24, 2.45) is 0 Å². The molecule has 1 fully saturated rings. The van der Waals surface area contributed by atoms with Gasteiger partial charge in [0, 0.05) is 33.2 Å². The highest BCUT2D eigenvalue weighted by Crippen LogP contribution is 2.36. The minimum absolute atomic E-state index is 0.00386. The maximum absolute atomic E-state index is 13.7. The fourth-order valence-electron chi connectivity index (χ4n) is 5.40. The zero-order chi connectivity index (χ0) is 36.6. The van der Waals surface area contributed by atoms with Crippen molar-refractivity contribution >= 4 is 64.4 Å². The van der Waals surface area contributed by atoms with Gasteiger partial charge in [-0.15, -0.1) is 11.8 Å². The smallest absolute Gasteiger partial charge is 0.272 e. The van der Waals surface area contributed by atoms with Crippen LogP contribution < -0.4 is 29.7 Å². The summed E-state index contributed by atoms with van der Waals surface area (Å²) in [5, 5.41) is 5.48. The minimum atomic E-state index is -0.676. The Morgan fingerprint density at radius 2 is 1.52 bits per heavy atom. The molecule has 0 unspecified atom stereocenters. The van der Waals surface area contributed by atoms with Crippen LogP contribution in [0.5, 0.6) is 23.0 Å². The van der Waals surface area contributed by atoms with Gasteiger partial charge in [0.05, 0.1) is 25.2 Å². The van der Waals surface area contributed by atoms with Crippen molar-refractivity contribution in [2.75, 3.05) is 24.4 Å². The number of hydrogen-bond donors (Lipinski definition) is 2. The quantitative estimate of drug-likeness (QED) is 0.0978. The zero-order valence-electron chi connectivity index (χ0n) is 28.0. The average Bonchev–Trinajstić information content (AvgIpc) is 3.44. The molecule has 262 valence electrons. The van der Waals surface area contributed by atoms with Crippen LogP contribution in [0.1, 0.15) is 22.3 Å². The lowest BCUT2D eigenvalue weighted by Crippen LogP contribution is -2.31. The lowest BCUT2D eigenvalue weighted by atomic mass is 10.1. The van der Waals surface area contributed by atoms with Gasteiger partial charge in [0.25, 0.3) is 11.8 Å². The Hall–Kier alpha value is -6.04. The first-order chi connectivity index (χ1) is 25.2. The Labute approximate surface area is 309 Å². The number of hydrogen-bond acceptors (Lipinski definition) is 8. The maximum atomic E-state index is 13.7. The molecule has 1 aliphatic rings. The van der Waals surface area contributed by atoms with Crippen LogP contribution in [-0.4, -0.2) is 43.1 Å². The largest absolute Gasteiger partial charge is 0.493 e. The van der Waals surface area contributed by atoms with Crippen molar-refractivity contribution in [3.8, 4) is 23.0 Å². The molecule has 6 rings (SSSR count). The van der Waals surface area contributed by atoms with E-state index in [0.29, 0.717) is 55.4 Å². The van der Waals surface area contributed by atoms with Crippen LogP contribution in [0.15, 0.2) is 132 Å². The van der Waals surface area contributed by atoms with Crippen LogP contribution in [-0.2, 0) is 14.4 Å². The Bertz CT molecular complexity index is 2140. The van der Waals surface area contributed by atoms with Crippen LogP contribution in [0.3, 0.4) is 0 Å². The van der Waals surface area contributed by atoms with Gasteiger partial charge in [-0.1, -0.05) is 48.0 Å². The number of nitrogens with one attached hydrogen (secondary N) is 2. The fraction of sp³-hybridized carbons (Fsp3) is 0.100. The highest BCUT2D eigenvalue weighted by molar-refractivity contribution is 8.00. The number of thioether (sulfide) groups is 1. The highest BCUT2D eigenvalue weighted by Gasteiger charge is 2.40. The second-order valence-electron chi connectivity index (χ2n) is 11.4. The lowest BCUT2D eigenvalue weighted by molar-refractivity contribution is -0.121. The number of anilines is 2. The van der Waals surface area contributed by atoms with Gasteiger partial charge in [0.1, 0.15) is 17.2 Å². The summed E-state index contributed by atoms with van der Waals surface area (Å²) in [5.41, 5.74) is 1.67. The zero-order valence-corrected chi connectivity index (χ0v) is 29.6. The van der Waals surface area contributed by atoms with Crippen molar-refractivity contribution < 1.29 is 33.4 Å². The molecule has 1 aliphatic heterocycles. The van der Waals surface area contributed by atoms with E-state index >= 15 is 0 Å². The number of halogens is 1. The van der Waals surface area contributed by atoms with Crippen molar-refractivity contribution in [3.05, 3.63) is 143 Å². The van der Waals surface area contributed by atoms with Gasteiger partial charge in [0.2, 0.25) is 11.8 Å². The number of methoxy groups -OCH3 is 2. The van der Waals surface area contributed by atoms with E-state index in [1.54, 1.807) is 121 Å². The van der Waals surface area contributed by atoms with E-state index in [9.17, 15) is 19.2 Å². The third kappa shape index (κ3) is 8.45. The first kappa shape index (κ1) is 35.8. The standard InChI is InChI=1S/C40H32ClN3O7S/c1-49-34-13-6-10-26(37(34)50-2)22-33(43-38(46)25-8-4-3-5-9-25)39(47)42-28-11-7-12-32(23-28)52-35-24-36(45)44(40(35)48)29-16-20-31(21-17-29)51-30-18-14-27(41)15-19-30/h3-23,35H,24H2,1-2H3,(H,42,47)(H,43,46)/b33-22-/t35-/m0/s1. The molecule has 0 radical (unpaired) electrons. The highest BCUT2D eigenvalue weighted by atomic mass is 35.5. The molecule has 0 spiro atoms. The number of nitrogens with zero attached hydrogens (tertiary/aromatic N) is 1. The number of para-hydroxylation sites is 1. The predicted octanol–water partition coefficient (Wildman–Crippen LogP) is 7.98. The normalized spacial score (nSPS) is 14.2. The molecule has 1 atom stereocenters. The second-order valence-corrected chi connectivity index (χ2v) is 13.1. The Kier molecular flexibility index (Phi) is 11.2.